The highest BCUT2D eigenvalue weighted by Crippen LogP contribution is 2.31. The third-order valence-electron chi connectivity index (χ3n) is 5.54. The summed E-state index contributed by atoms with van der Waals surface area (Å²) in [6.45, 7) is 3.22. The zero-order chi connectivity index (χ0) is 14.9. The quantitative estimate of drug-likeness (QED) is 0.904. The van der Waals surface area contributed by atoms with E-state index in [2.05, 4.69) is 30.4 Å². The number of hydrogen-bond donors (Lipinski definition) is 1. The van der Waals surface area contributed by atoms with Gasteiger partial charge in [0, 0.05) is 23.7 Å². The van der Waals surface area contributed by atoms with Crippen LogP contribution in [0.1, 0.15) is 60.9 Å². The molecule has 1 heterocycles. The summed E-state index contributed by atoms with van der Waals surface area (Å²) in [5, 5.41) is 5.21. The molecule has 1 aromatic heterocycles. The zero-order valence-corrected chi connectivity index (χ0v) is 13.6. The lowest BCUT2D eigenvalue weighted by atomic mass is 9.89. The molecule has 0 radical (unpaired) electrons. The second kappa shape index (κ2) is 6.00. The molecule has 0 saturated heterocycles. The van der Waals surface area contributed by atoms with Gasteiger partial charge in [-0.15, -0.1) is 0 Å². The van der Waals surface area contributed by atoms with Crippen LogP contribution in [0.4, 0.5) is 0 Å². The van der Waals surface area contributed by atoms with Crippen LogP contribution in [-0.4, -0.2) is 11.0 Å². The van der Waals surface area contributed by atoms with Crippen molar-refractivity contribution in [1.82, 2.24) is 10.3 Å². The SMILES string of the molecule is Cc1cccc2c(CNC3CCCC3)c3c(nc12)CCCC3. The Balaban J connectivity index is 1.77. The molecule has 0 atom stereocenters. The van der Waals surface area contributed by atoms with Gasteiger partial charge in [0.05, 0.1) is 5.52 Å². The normalized spacial score (nSPS) is 18.8. The number of aromatic nitrogens is 1. The van der Waals surface area contributed by atoms with Crippen LogP contribution < -0.4 is 5.32 Å². The minimum Gasteiger partial charge on any atom is -0.310 e. The van der Waals surface area contributed by atoms with Crippen molar-refractivity contribution in [2.45, 2.75) is 70.9 Å². The number of aryl methyl sites for hydroxylation is 2. The van der Waals surface area contributed by atoms with Gasteiger partial charge in [0.2, 0.25) is 0 Å². The van der Waals surface area contributed by atoms with E-state index < -0.39 is 0 Å². The largest absolute Gasteiger partial charge is 0.310 e. The summed E-state index contributed by atoms with van der Waals surface area (Å²) >= 11 is 0. The van der Waals surface area contributed by atoms with Crippen LogP contribution in [0.5, 0.6) is 0 Å². The van der Waals surface area contributed by atoms with Gasteiger partial charge in [-0.3, -0.25) is 4.98 Å². The van der Waals surface area contributed by atoms with E-state index in [1.54, 1.807) is 5.56 Å². The molecule has 2 nitrogen and oxygen atoms in total. The second-order valence-electron chi connectivity index (χ2n) is 7.06. The van der Waals surface area contributed by atoms with E-state index in [0.29, 0.717) is 0 Å². The van der Waals surface area contributed by atoms with E-state index in [0.717, 1.165) is 19.0 Å². The molecule has 1 aromatic carbocycles. The monoisotopic (exact) mass is 294 g/mol. The minimum absolute atomic E-state index is 0.729. The van der Waals surface area contributed by atoms with Gasteiger partial charge in [0.25, 0.3) is 0 Å². The van der Waals surface area contributed by atoms with Crippen molar-refractivity contribution in [2.75, 3.05) is 0 Å². The standard InChI is InChI=1S/C20H26N2/c1-14-7-6-11-17-18(13-21-15-8-2-3-9-15)16-10-4-5-12-19(16)22-20(14)17/h6-7,11,15,21H,2-5,8-10,12-13H2,1H3. The molecule has 116 valence electrons. The number of nitrogens with one attached hydrogen (secondary N) is 1. The Bertz CT molecular complexity index is 684. The second-order valence-corrected chi connectivity index (χ2v) is 7.06. The molecule has 0 spiro atoms. The van der Waals surface area contributed by atoms with Crippen LogP contribution in [0.25, 0.3) is 10.9 Å². The maximum atomic E-state index is 5.03. The van der Waals surface area contributed by atoms with Crippen molar-refractivity contribution in [2.24, 2.45) is 0 Å². The summed E-state index contributed by atoms with van der Waals surface area (Å²) in [4.78, 5) is 5.03. The number of rotatable bonds is 3. The summed E-state index contributed by atoms with van der Waals surface area (Å²) in [5.74, 6) is 0. The third-order valence-corrected chi connectivity index (χ3v) is 5.54. The highest BCUT2D eigenvalue weighted by molar-refractivity contribution is 5.86. The van der Waals surface area contributed by atoms with Crippen molar-refractivity contribution in [1.29, 1.82) is 0 Å². The Morgan fingerprint density at radius 1 is 1.09 bits per heavy atom. The molecule has 0 unspecified atom stereocenters. The number of nitrogens with zero attached hydrogens (tertiary/aromatic N) is 1. The van der Waals surface area contributed by atoms with Crippen molar-refractivity contribution in [3.05, 3.63) is 40.6 Å². The Morgan fingerprint density at radius 3 is 2.77 bits per heavy atom. The van der Waals surface area contributed by atoms with Gasteiger partial charge >= 0.3 is 0 Å². The topological polar surface area (TPSA) is 24.9 Å². The number of fused-ring (bicyclic) bond motifs is 2. The zero-order valence-electron chi connectivity index (χ0n) is 13.6. The summed E-state index contributed by atoms with van der Waals surface area (Å²) in [7, 11) is 0. The molecule has 2 aromatic rings. The smallest absolute Gasteiger partial charge is 0.0737 e. The fourth-order valence-electron chi connectivity index (χ4n) is 4.26. The fourth-order valence-corrected chi connectivity index (χ4v) is 4.26. The first-order valence-corrected chi connectivity index (χ1v) is 8.96. The molecule has 1 saturated carbocycles. The van der Waals surface area contributed by atoms with E-state index in [1.165, 1.54) is 72.7 Å². The lowest BCUT2D eigenvalue weighted by molar-refractivity contribution is 0.521. The Kier molecular flexibility index (Phi) is 3.87. The van der Waals surface area contributed by atoms with Crippen molar-refractivity contribution < 1.29 is 0 Å². The molecule has 1 fully saturated rings. The molecule has 0 amide bonds. The molecule has 2 heteroatoms. The summed E-state index contributed by atoms with van der Waals surface area (Å²) in [6.07, 6.45) is 10.5. The Hall–Kier alpha value is -1.41. The summed E-state index contributed by atoms with van der Waals surface area (Å²) in [5.41, 5.74) is 7.00. The van der Waals surface area contributed by atoms with Crippen LogP contribution in [0.2, 0.25) is 0 Å². The average Bonchev–Trinajstić information content (AvgIpc) is 3.06. The Morgan fingerprint density at radius 2 is 1.91 bits per heavy atom. The predicted octanol–water partition coefficient (Wildman–Crippen LogP) is 4.45. The van der Waals surface area contributed by atoms with Crippen LogP contribution in [0.15, 0.2) is 18.2 Å². The molecule has 1 N–H and O–H groups in total. The molecule has 4 rings (SSSR count). The molecule has 2 aliphatic rings. The van der Waals surface area contributed by atoms with E-state index in [1.807, 2.05) is 0 Å². The van der Waals surface area contributed by atoms with E-state index in [-0.39, 0.29) is 0 Å². The third kappa shape index (κ3) is 2.54. The number of hydrogen-bond acceptors (Lipinski definition) is 2. The molecule has 2 aliphatic carbocycles. The summed E-state index contributed by atoms with van der Waals surface area (Å²) in [6, 6.07) is 7.38. The lowest BCUT2D eigenvalue weighted by Crippen LogP contribution is -2.26. The van der Waals surface area contributed by atoms with E-state index >= 15 is 0 Å². The average molecular weight is 294 g/mol. The van der Waals surface area contributed by atoms with Gasteiger partial charge in [-0.05, 0) is 62.1 Å². The number of pyridine rings is 1. The fraction of sp³-hybridized carbons (Fsp3) is 0.550. The van der Waals surface area contributed by atoms with Gasteiger partial charge in [-0.2, -0.15) is 0 Å². The Labute approximate surface area is 133 Å². The van der Waals surface area contributed by atoms with Gasteiger partial charge in [0.15, 0.2) is 0 Å². The van der Waals surface area contributed by atoms with Gasteiger partial charge in [0.1, 0.15) is 0 Å². The summed E-state index contributed by atoms with van der Waals surface area (Å²) < 4.78 is 0. The van der Waals surface area contributed by atoms with Gasteiger partial charge in [-0.25, -0.2) is 0 Å². The maximum Gasteiger partial charge on any atom is 0.0737 e. The van der Waals surface area contributed by atoms with Crippen LogP contribution in [0.3, 0.4) is 0 Å². The number of para-hydroxylation sites is 1. The van der Waals surface area contributed by atoms with E-state index in [4.69, 9.17) is 4.98 Å². The first kappa shape index (κ1) is 14.2. The van der Waals surface area contributed by atoms with E-state index in [9.17, 15) is 0 Å². The predicted molar refractivity (Wildman–Crippen MR) is 92.2 cm³/mol. The minimum atomic E-state index is 0.729. The first-order chi connectivity index (χ1) is 10.8. The van der Waals surface area contributed by atoms with Crippen molar-refractivity contribution in [3.63, 3.8) is 0 Å². The van der Waals surface area contributed by atoms with Crippen molar-refractivity contribution in [3.8, 4) is 0 Å². The van der Waals surface area contributed by atoms with Crippen molar-refractivity contribution >= 4 is 10.9 Å². The maximum absolute atomic E-state index is 5.03. The van der Waals surface area contributed by atoms with Crippen LogP contribution in [0, 0.1) is 6.92 Å². The molecule has 0 aliphatic heterocycles. The first-order valence-electron chi connectivity index (χ1n) is 8.96. The molecular weight excluding hydrogens is 268 g/mol. The molecule has 0 bridgehead atoms. The van der Waals surface area contributed by atoms with Gasteiger partial charge < -0.3 is 5.32 Å². The highest BCUT2D eigenvalue weighted by atomic mass is 14.9. The molecule has 22 heavy (non-hydrogen) atoms. The lowest BCUT2D eigenvalue weighted by Gasteiger charge is -2.23. The number of benzene rings is 1. The van der Waals surface area contributed by atoms with Gasteiger partial charge in [-0.1, -0.05) is 31.0 Å². The molecular formula is C20H26N2. The highest BCUT2D eigenvalue weighted by Gasteiger charge is 2.20. The van der Waals surface area contributed by atoms with Crippen LogP contribution in [-0.2, 0) is 19.4 Å². The van der Waals surface area contributed by atoms with Crippen LogP contribution >= 0.6 is 0 Å².